The number of hydrogen-bond donors (Lipinski definition) is 3. The lowest BCUT2D eigenvalue weighted by atomic mass is 10.1. The number of alkyl halides is 3. The maximum Gasteiger partial charge on any atom is 0.416 e. The molecular weight excluding hydrogens is 331 g/mol. The van der Waals surface area contributed by atoms with Gasteiger partial charge in [-0.2, -0.15) is 22.9 Å². The fourth-order valence-corrected chi connectivity index (χ4v) is 2.15. The Morgan fingerprint density at radius 3 is 2.46 bits per heavy atom. The number of carbonyl (C=O) groups is 1. The van der Waals surface area contributed by atoms with Crippen molar-refractivity contribution in [3.63, 3.8) is 0 Å². The molecule has 1 amide bonds. The summed E-state index contributed by atoms with van der Waals surface area (Å²) in [6.45, 7) is 0. The zero-order valence-corrected chi connectivity index (χ0v) is 11.6. The van der Waals surface area contributed by atoms with E-state index in [4.69, 9.17) is 0 Å². The van der Waals surface area contributed by atoms with E-state index in [1.54, 1.807) is 0 Å². The molecule has 0 aliphatic heterocycles. The first-order valence-electron chi connectivity index (χ1n) is 6.41. The van der Waals surface area contributed by atoms with Gasteiger partial charge >= 0.3 is 11.9 Å². The number of H-pyrrole nitrogens is 1. The molecule has 1 aromatic carbocycles. The summed E-state index contributed by atoms with van der Waals surface area (Å²) >= 11 is 0. The number of nitrogens with zero attached hydrogens (tertiary/aromatic N) is 3. The average Bonchev–Trinajstić information content (AvgIpc) is 2.83. The van der Waals surface area contributed by atoms with Crippen LogP contribution in [0.3, 0.4) is 0 Å². The SMILES string of the molecule is O=CNc1nc(=O)[nH]c2nc(-c3ccc(C(F)(F)F)cc3)n(O)c12. The zero-order chi connectivity index (χ0) is 17.5. The first-order chi connectivity index (χ1) is 11.3. The third kappa shape index (κ3) is 2.55. The molecule has 2 aromatic heterocycles. The van der Waals surface area contributed by atoms with E-state index in [2.05, 4.69) is 20.3 Å². The highest BCUT2D eigenvalue weighted by molar-refractivity contribution is 5.90. The quantitative estimate of drug-likeness (QED) is 0.496. The molecule has 0 bridgehead atoms. The molecule has 124 valence electrons. The van der Waals surface area contributed by atoms with Gasteiger partial charge in [0, 0.05) is 5.56 Å². The molecule has 24 heavy (non-hydrogen) atoms. The second-order valence-corrected chi connectivity index (χ2v) is 4.67. The molecule has 0 fully saturated rings. The summed E-state index contributed by atoms with van der Waals surface area (Å²) in [5.74, 6) is -0.367. The molecule has 0 saturated heterocycles. The van der Waals surface area contributed by atoms with Gasteiger partial charge < -0.3 is 10.5 Å². The highest BCUT2D eigenvalue weighted by Gasteiger charge is 2.30. The van der Waals surface area contributed by atoms with Gasteiger partial charge in [0.15, 0.2) is 22.8 Å². The van der Waals surface area contributed by atoms with Crippen molar-refractivity contribution < 1.29 is 23.2 Å². The van der Waals surface area contributed by atoms with E-state index >= 15 is 0 Å². The van der Waals surface area contributed by atoms with E-state index in [1.165, 1.54) is 0 Å². The van der Waals surface area contributed by atoms with Crippen molar-refractivity contribution in [3.05, 3.63) is 40.3 Å². The fourth-order valence-electron chi connectivity index (χ4n) is 2.15. The second kappa shape index (κ2) is 5.37. The molecule has 0 unspecified atom stereocenters. The number of carbonyl (C=O) groups excluding carboxylic acids is 1. The van der Waals surface area contributed by atoms with Crippen LogP contribution in [0.2, 0.25) is 0 Å². The average molecular weight is 339 g/mol. The van der Waals surface area contributed by atoms with Gasteiger partial charge in [-0.05, 0) is 12.1 Å². The van der Waals surface area contributed by atoms with Crippen molar-refractivity contribution in [1.82, 2.24) is 19.7 Å². The first kappa shape index (κ1) is 15.5. The standard InChI is InChI=1S/C13H8F3N5O3/c14-13(15,16)7-3-1-6(2-4-7)11-18-10-8(21(11)24)9(17-5-22)19-12(23)20-10/h1-5,24H,(H2,17,19,20,22,23). The van der Waals surface area contributed by atoms with E-state index in [1.807, 2.05) is 0 Å². The van der Waals surface area contributed by atoms with Gasteiger partial charge in [0.05, 0.1) is 5.56 Å². The summed E-state index contributed by atoms with van der Waals surface area (Å²) in [5, 5.41) is 12.3. The van der Waals surface area contributed by atoms with Gasteiger partial charge in [-0.25, -0.2) is 9.78 Å². The molecule has 11 heteroatoms. The second-order valence-electron chi connectivity index (χ2n) is 4.67. The van der Waals surface area contributed by atoms with Gasteiger partial charge in [-0.1, -0.05) is 12.1 Å². The maximum absolute atomic E-state index is 12.6. The summed E-state index contributed by atoms with van der Waals surface area (Å²) in [4.78, 5) is 31.7. The minimum Gasteiger partial charge on any atom is -0.426 e. The number of anilines is 1. The number of benzene rings is 1. The van der Waals surface area contributed by atoms with Crippen molar-refractivity contribution in [2.45, 2.75) is 6.18 Å². The topological polar surface area (TPSA) is 113 Å². The van der Waals surface area contributed by atoms with Crippen LogP contribution in [0, 0.1) is 0 Å². The van der Waals surface area contributed by atoms with Crippen LogP contribution in [-0.2, 0) is 11.0 Å². The van der Waals surface area contributed by atoms with Crippen molar-refractivity contribution in [1.29, 1.82) is 0 Å². The fraction of sp³-hybridized carbons (Fsp3) is 0.0769. The molecule has 0 aliphatic carbocycles. The maximum atomic E-state index is 12.6. The lowest BCUT2D eigenvalue weighted by molar-refractivity contribution is -0.137. The lowest BCUT2D eigenvalue weighted by Gasteiger charge is -2.07. The molecule has 3 aromatic rings. The summed E-state index contributed by atoms with van der Waals surface area (Å²) < 4.78 is 38.3. The molecule has 0 radical (unpaired) electrons. The third-order valence-electron chi connectivity index (χ3n) is 3.18. The molecule has 0 spiro atoms. The van der Waals surface area contributed by atoms with Gasteiger partial charge in [-0.15, -0.1) is 0 Å². The monoisotopic (exact) mass is 339 g/mol. The first-order valence-corrected chi connectivity index (χ1v) is 6.41. The van der Waals surface area contributed by atoms with E-state index in [-0.39, 0.29) is 34.8 Å². The molecule has 2 heterocycles. The molecule has 3 N–H and O–H groups in total. The molecule has 0 saturated carbocycles. The Balaban J connectivity index is 2.17. The smallest absolute Gasteiger partial charge is 0.416 e. The van der Waals surface area contributed by atoms with Crippen LogP contribution in [0.25, 0.3) is 22.6 Å². The number of fused-ring (bicyclic) bond motifs is 1. The summed E-state index contributed by atoms with van der Waals surface area (Å²) in [6.07, 6.45) is -4.24. The van der Waals surface area contributed by atoms with E-state index in [9.17, 15) is 28.0 Å². The highest BCUT2D eigenvalue weighted by Crippen LogP contribution is 2.31. The van der Waals surface area contributed by atoms with E-state index in [0.717, 1.165) is 24.3 Å². The van der Waals surface area contributed by atoms with E-state index < -0.39 is 17.4 Å². The zero-order valence-electron chi connectivity index (χ0n) is 11.6. The molecular formula is C13H8F3N5O3. The van der Waals surface area contributed by atoms with Gasteiger partial charge in [-0.3, -0.25) is 9.78 Å². The Labute approximate surface area is 130 Å². The Morgan fingerprint density at radius 2 is 1.88 bits per heavy atom. The number of imidazole rings is 1. The summed E-state index contributed by atoms with van der Waals surface area (Å²) in [6, 6.07) is 3.91. The summed E-state index contributed by atoms with van der Waals surface area (Å²) in [7, 11) is 0. The van der Waals surface area contributed by atoms with E-state index in [0.29, 0.717) is 4.73 Å². The number of aromatic amines is 1. The minimum absolute atomic E-state index is 0.0863. The van der Waals surface area contributed by atoms with Crippen molar-refractivity contribution in [2.24, 2.45) is 0 Å². The third-order valence-corrected chi connectivity index (χ3v) is 3.18. The Morgan fingerprint density at radius 1 is 1.21 bits per heavy atom. The Hall–Kier alpha value is -3.37. The van der Waals surface area contributed by atoms with Crippen LogP contribution in [0.5, 0.6) is 0 Å². The molecule has 0 atom stereocenters. The van der Waals surface area contributed by atoms with Crippen molar-refractivity contribution in [3.8, 4) is 11.4 Å². The molecule has 8 nitrogen and oxygen atoms in total. The number of halogens is 3. The Kier molecular flexibility index (Phi) is 3.47. The highest BCUT2D eigenvalue weighted by atomic mass is 19.4. The number of rotatable bonds is 3. The predicted molar refractivity (Wildman–Crippen MR) is 75.5 cm³/mol. The van der Waals surface area contributed by atoms with Gasteiger partial charge in [0.2, 0.25) is 6.41 Å². The number of amides is 1. The van der Waals surface area contributed by atoms with Crippen LogP contribution in [0.15, 0.2) is 29.1 Å². The normalized spacial score (nSPS) is 11.6. The van der Waals surface area contributed by atoms with Crippen LogP contribution in [0.1, 0.15) is 5.56 Å². The Bertz CT molecular complexity index is 975. The van der Waals surface area contributed by atoms with Crippen molar-refractivity contribution in [2.75, 3.05) is 5.32 Å². The predicted octanol–water partition coefficient (Wildman–Crippen LogP) is 1.61. The van der Waals surface area contributed by atoms with Gasteiger partial charge in [0.25, 0.3) is 0 Å². The molecule has 0 aliphatic rings. The van der Waals surface area contributed by atoms with Gasteiger partial charge in [0.1, 0.15) is 0 Å². The minimum atomic E-state index is -4.49. The van der Waals surface area contributed by atoms with Crippen LogP contribution in [0.4, 0.5) is 19.0 Å². The van der Waals surface area contributed by atoms with Crippen LogP contribution in [-0.4, -0.2) is 31.3 Å². The number of hydrogen-bond acceptors (Lipinski definition) is 5. The molecule has 3 rings (SSSR count). The lowest BCUT2D eigenvalue weighted by Crippen LogP contribution is -2.14. The summed E-state index contributed by atoms with van der Waals surface area (Å²) in [5.41, 5.74) is -1.69. The largest absolute Gasteiger partial charge is 0.426 e. The van der Waals surface area contributed by atoms with Crippen LogP contribution >= 0.6 is 0 Å². The van der Waals surface area contributed by atoms with Crippen LogP contribution < -0.4 is 11.0 Å². The van der Waals surface area contributed by atoms with Crippen molar-refractivity contribution >= 4 is 23.4 Å². The number of nitrogens with one attached hydrogen (secondary N) is 2. The number of aromatic nitrogens is 4.